The van der Waals surface area contributed by atoms with Crippen LogP contribution in [0.1, 0.15) is 64.5 Å². The average molecular weight is 583 g/mol. The van der Waals surface area contributed by atoms with Gasteiger partial charge in [0, 0.05) is 56.9 Å². The number of hydroxylamine groups is 1. The van der Waals surface area contributed by atoms with Crippen LogP contribution < -0.4 is 20.4 Å². The molecule has 0 aliphatic carbocycles. The fourth-order valence-corrected chi connectivity index (χ4v) is 5.82. The van der Waals surface area contributed by atoms with Gasteiger partial charge in [0.15, 0.2) is 6.20 Å². The van der Waals surface area contributed by atoms with Crippen LogP contribution in [0, 0.1) is 30.4 Å². The Kier molecular flexibility index (Phi) is 10.8. The lowest BCUT2D eigenvalue weighted by Gasteiger charge is -2.42. The SMILES string of the molecule is C=C(NOC)c1ccc(N(Cc2cccc(C#N)c2)C2CCN(C(C)CCNC(=O)c3c(C)cc[n+]([O-])c3C)CC2)cc1. The van der Waals surface area contributed by atoms with Gasteiger partial charge in [0.05, 0.1) is 24.4 Å². The van der Waals surface area contributed by atoms with Gasteiger partial charge in [-0.15, -0.1) is 0 Å². The molecule has 226 valence electrons. The zero-order valence-electron chi connectivity index (χ0n) is 25.6. The summed E-state index contributed by atoms with van der Waals surface area (Å²) in [6, 6.07) is 20.7. The third-order valence-electron chi connectivity index (χ3n) is 8.37. The molecule has 3 aromatic rings. The number of piperidine rings is 1. The zero-order valence-corrected chi connectivity index (χ0v) is 25.6. The Morgan fingerprint density at radius 3 is 2.60 bits per heavy atom. The number of hydrogen-bond acceptors (Lipinski definition) is 7. The standard InChI is InChI=1S/C34H42N6O3/c1-24-14-20-40(42)27(4)33(24)34(41)36-17-13-25(2)38-18-15-32(16-19-38)39(23-29-8-6-7-28(21-29)22-35)31-11-9-30(10-12-31)26(3)37-43-5/h6-12,14,20-21,25,32,37H,3,13,15-19,23H2,1-2,4-5H3,(H,36,41). The molecule has 1 aromatic heterocycles. The topological polar surface area (TPSA) is 108 Å². The van der Waals surface area contributed by atoms with E-state index < -0.39 is 0 Å². The molecule has 1 saturated heterocycles. The van der Waals surface area contributed by atoms with Crippen molar-refractivity contribution in [1.29, 1.82) is 5.26 Å². The molecule has 0 saturated carbocycles. The molecular weight excluding hydrogens is 540 g/mol. The quantitative estimate of drug-likeness (QED) is 0.182. The highest BCUT2D eigenvalue weighted by molar-refractivity contribution is 5.96. The minimum Gasteiger partial charge on any atom is -0.618 e. The van der Waals surface area contributed by atoms with Gasteiger partial charge in [0.1, 0.15) is 5.56 Å². The predicted octanol–water partition coefficient (Wildman–Crippen LogP) is 4.61. The van der Waals surface area contributed by atoms with Crippen molar-refractivity contribution in [2.24, 2.45) is 0 Å². The Bertz CT molecular complexity index is 1460. The monoisotopic (exact) mass is 582 g/mol. The van der Waals surface area contributed by atoms with Gasteiger partial charge in [-0.1, -0.05) is 30.8 Å². The average Bonchev–Trinajstić information content (AvgIpc) is 3.02. The number of nitrogens with one attached hydrogen (secondary N) is 2. The predicted molar refractivity (Wildman–Crippen MR) is 169 cm³/mol. The molecular formula is C34H42N6O3. The third kappa shape index (κ3) is 7.92. The number of carbonyl (C=O) groups is 1. The van der Waals surface area contributed by atoms with Crippen molar-refractivity contribution in [3.63, 3.8) is 0 Å². The van der Waals surface area contributed by atoms with Gasteiger partial charge in [-0.3, -0.25) is 15.1 Å². The highest BCUT2D eigenvalue weighted by Crippen LogP contribution is 2.28. The summed E-state index contributed by atoms with van der Waals surface area (Å²) in [6.45, 7) is 12.9. The number of benzene rings is 2. The van der Waals surface area contributed by atoms with Crippen molar-refractivity contribution in [2.45, 2.75) is 58.7 Å². The van der Waals surface area contributed by atoms with Crippen LogP contribution in [0.3, 0.4) is 0 Å². The number of pyridine rings is 1. The second kappa shape index (κ2) is 14.7. The summed E-state index contributed by atoms with van der Waals surface area (Å²) in [5, 5.41) is 24.4. The molecule has 2 heterocycles. The second-order valence-corrected chi connectivity index (χ2v) is 11.2. The van der Waals surface area contributed by atoms with Gasteiger partial charge in [0.2, 0.25) is 5.69 Å². The smallest absolute Gasteiger partial charge is 0.257 e. The summed E-state index contributed by atoms with van der Waals surface area (Å²) in [7, 11) is 1.57. The Morgan fingerprint density at radius 2 is 1.93 bits per heavy atom. The summed E-state index contributed by atoms with van der Waals surface area (Å²) in [5.41, 5.74) is 9.01. The van der Waals surface area contributed by atoms with Crippen LogP contribution in [0.2, 0.25) is 0 Å². The number of rotatable bonds is 12. The van der Waals surface area contributed by atoms with Crippen molar-refractivity contribution in [1.82, 2.24) is 15.7 Å². The number of amides is 1. The molecule has 1 atom stereocenters. The maximum Gasteiger partial charge on any atom is 0.257 e. The molecule has 9 nitrogen and oxygen atoms in total. The molecule has 0 spiro atoms. The van der Waals surface area contributed by atoms with E-state index in [0.717, 1.165) is 59.5 Å². The van der Waals surface area contributed by atoms with Crippen LogP contribution in [0.4, 0.5) is 5.69 Å². The third-order valence-corrected chi connectivity index (χ3v) is 8.37. The van der Waals surface area contributed by atoms with E-state index in [1.807, 2.05) is 37.3 Å². The summed E-state index contributed by atoms with van der Waals surface area (Å²) in [5.74, 6) is -0.199. The van der Waals surface area contributed by atoms with Crippen LogP contribution in [-0.2, 0) is 11.4 Å². The molecule has 1 aliphatic rings. The first-order valence-electron chi connectivity index (χ1n) is 14.8. The van der Waals surface area contributed by atoms with Crippen LogP contribution in [-0.4, -0.2) is 49.6 Å². The first kappa shape index (κ1) is 31.5. The maximum atomic E-state index is 12.8. The number of likely N-dealkylation sites (tertiary alicyclic amines) is 1. The number of hydrogen-bond donors (Lipinski definition) is 2. The normalized spacial score (nSPS) is 14.5. The molecule has 0 radical (unpaired) electrons. The molecule has 1 aliphatic heterocycles. The van der Waals surface area contributed by atoms with Gasteiger partial charge in [-0.2, -0.15) is 9.99 Å². The van der Waals surface area contributed by atoms with E-state index in [1.54, 1.807) is 20.1 Å². The molecule has 1 fully saturated rings. The van der Waals surface area contributed by atoms with Crippen molar-refractivity contribution < 1.29 is 14.4 Å². The molecule has 1 unspecified atom stereocenters. The van der Waals surface area contributed by atoms with E-state index in [1.165, 1.54) is 6.20 Å². The number of nitriles is 1. The maximum absolute atomic E-state index is 12.8. The summed E-state index contributed by atoms with van der Waals surface area (Å²) >= 11 is 0. The minimum absolute atomic E-state index is 0.199. The van der Waals surface area contributed by atoms with Crippen molar-refractivity contribution in [2.75, 3.05) is 31.6 Å². The number of anilines is 1. The lowest BCUT2D eigenvalue weighted by Crippen LogP contribution is -2.48. The Labute approximate surface area is 254 Å². The molecule has 0 bridgehead atoms. The largest absolute Gasteiger partial charge is 0.618 e. The lowest BCUT2D eigenvalue weighted by atomic mass is 9.98. The summed E-state index contributed by atoms with van der Waals surface area (Å²) in [4.78, 5) is 22.8. The second-order valence-electron chi connectivity index (χ2n) is 11.2. The number of aryl methyl sites for hydroxylation is 1. The van der Waals surface area contributed by atoms with Crippen molar-refractivity contribution >= 4 is 17.3 Å². The first-order chi connectivity index (χ1) is 20.7. The Balaban J connectivity index is 1.38. The van der Waals surface area contributed by atoms with Gasteiger partial charge in [0.25, 0.3) is 5.91 Å². The van der Waals surface area contributed by atoms with Gasteiger partial charge < -0.3 is 20.3 Å². The highest BCUT2D eigenvalue weighted by Gasteiger charge is 2.28. The Morgan fingerprint density at radius 1 is 1.21 bits per heavy atom. The first-order valence-corrected chi connectivity index (χ1v) is 14.8. The van der Waals surface area contributed by atoms with Crippen LogP contribution in [0.5, 0.6) is 0 Å². The highest BCUT2D eigenvalue weighted by atomic mass is 16.6. The molecule has 1 amide bonds. The van der Waals surface area contributed by atoms with Gasteiger partial charge in [-0.25, -0.2) is 0 Å². The molecule has 2 aromatic carbocycles. The summed E-state index contributed by atoms with van der Waals surface area (Å²) < 4.78 is 0.738. The van der Waals surface area contributed by atoms with Crippen LogP contribution in [0.25, 0.3) is 5.70 Å². The van der Waals surface area contributed by atoms with Gasteiger partial charge in [-0.05, 0) is 74.1 Å². The summed E-state index contributed by atoms with van der Waals surface area (Å²) in [6.07, 6.45) is 4.26. The number of carbonyl (C=O) groups excluding carboxylic acids is 1. The van der Waals surface area contributed by atoms with Crippen molar-refractivity contribution in [3.05, 3.63) is 106 Å². The van der Waals surface area contributed by atoms with Crippen LogP contribution in [0.15, 0.2) is 67.4 Å². The zero-order chi connectivity index (χ0) is 30.9. The number of nitrogens with zero attached hydrogens (tertiary/aromatic N) is 4. The Hall–Kier alpha value is -4.39. The van der Waals surface area contributed by atoms with Gasteiger partial charge >= 0.3 is 0 Å². The van der Waals surface area contributed by atoms with E-state index in [9.17, 15) is 15.3 Å². The minimum atomic E-state index is -0.199. The van der Waals surface area contributed by atoms with Crippen molar-refractivity contribution in [3.8, 4) is 6.07 Å². The molecule has 2 N–H and O–H groups in total. The molecule has 9 heteroatoms. The van der Waals surface area contributed by atoms with E-state index in [-0.39, 0.29) is 5.91 Å². The van der Waals surface area contributed by atoms with Crippen LogP contribution >= 0.6 is 0 Å². The van der Waals surface area contributed by atoms with E-state index in [4.69, 9.17) is 4.84 Å². The van der Waals surface area contributed by atoms with E-state index >= 15 is 0 Å². The van der Waals surface area contributed by atoms with E-state index in [0.29, 0.717) is 47.7 Å². The molecule has 43 heavy (non-hydrogen) atoms. The fraction of sp³-hybridized carbons (Fsp3) is 0.382. The van der Waals surface area contributed by atoms with E-state index in [2.05, 4.69) is 58.4 Å². The number of aromatic nitrogens is 1. The molecule has 4 rings (SSSR count). The lowest BCUT2D eigenvalue weighted by molar-refractivity contribution is -0.612. The fourth-order valence-electron chi connectivity index (χ4n) is 5.82.